The topological polar surface area (TPSA) is 74.6 Å². The first-order valence-electron chi connectivity index (χ1n) is 5.58. The second kappa shape index (κ2) is 6.35. The number of hydrogen-bond acceptors (Lipinski definition) is 2. The van der Waals surface area contributed by atoms with Crippen molar-refractivity contribution < 1.29 is 19.8 Å². The summed E-state index contributed by atoms with van der Waals surface area (Å²) >= 11 is 0. The van der Waals surface area contributed by atoms with Gasteiger partial charge in [0.25, 0.3) is 0 Å². The highest BCUT2D eigenvalue weighted by Gasteiger charge is 2.18. The molecule has 0 bridgehead atoms. The van der Waals surface area contributed by atoms with Gasteiger partial charge >= 0.3 is 11.9 Å². The Kier molecular flexibility index (Phi) is 4.83. The molecule has 0 unspecified atom stereocenters. The molecule has 98 valence electrons. The molecule has 4 heteroatoms. The minimum absolute atomic E-state index is 0.161. The van der Waals surface area contributed by atoms with Gasteiger partial charge in [0.2, 0.25) is 0 Å². The summed E-state index contributed by atoms with van der Waals surface area (Å²) in [5.74, 6) is -2.46. The normalized spacial score (nSPS) is 9.32. The Labute approximate surface area is 110 Å². The van der Waals surface area contributed by atoms with E-state index in [2.05, 4.69) is 6.58 Å². The fourth-order valence-electron chi connectivity index (χ4n) is 1.68. The Morgan fingerprint density at radius 2 is 1.63 bits per heavy atom. The first-order chi connectivity index (χ1) is 9.02. The summed E-state index contributed by atoms with van der Waals surface area (Å²) in [6, 6.07) is 9.72. The Balaban J connectivity index is 0.000000550. The van der Waals surface area contributed by atoms with Crippen LogP contribution in [-0.4, -0.2) is 22.2 Å². The summed E-state index contributed by atoms with van der Waals surface area (Å²) in [6.07, 6.45) is 1.75. The largest absolute Gasteiger partial charge is 0.478 e. The van der Waals surface area contributed by atoms with E-state index in [9.17, 15) is 9.59 Å². The minimum atomic E-state index is -1.23. The van der Waals surface area contributed by atoms with Crippen LogP contribution in [0.15, 0.2) is 49.1 Å². The van der Waals surface area contributed by atoms with E-state index in [0.29, 0.717) is 10.8 Å². The lowest BCUT2D eigenvalue weighted by atomic mass is 9.99. The van der Waals surface area contributed by atoms with Crippen LogP contribution in [0.1, 0.15) is 27.6 Å². The molecule has 0 aliphatic rings. The average Bonchev–Trinajstić information content (AvgIpc) is 2.37. The highest BCUT2D eigenvalue weighted by molar-refractivity contribution is 6.11. The zero-order valence-corrected chi connectivity index (χ0v) is 10.5. The highest BCUT2D eigenvalue weighted by Crippen LogP contribution is 2.22. The number of carboxylic acid groups (broad SMARTS) is 2. The molecule has 0 saturated carbocycles. The lowest BCUT2D eigenvalue weighted by molar-refractivity contribution is 0.0653. The van der Waals surface area contributed by atoms with E-state index in [1.54, 1.807) is 36.4 Å². The first kappa shape index (κ1) is 14.4. The summed E-state index contributed by atoms with van der Waals surface area (Å²) in [6.45, 7) is 5.25. The van der Waals surface area contributed by atoms with Crippen LogP contribution >= 0.6 is 0 Å². The van der Waals surface area contributed by atoms with Crippen LogP contribution < -0.4 is 0 Å². The molecule has 0 aromatic heterocycles. The molecule has 2 rings (SSSR count). The number of allylic oxidation sites excluding steroid dienone is 1. The number of aromatic carboxylic acids is 2. The van der Waals surface area contributed by atoms with Gasteiger partial charge in [-0.1, -0.05) is 36.4 Å². The third kappa shape index (κ3) is 3.19. The van der Waals surface area contributed by atoms with E-state index in [-0.39, 0.29) is 11.1 Å². The molecular formula is C15H14O4. The SMILES string of the molecule is C=CC.O=C(O)c1ccc2ccccc2c1C(=O)O. The smallest absolute Gasteiger partial charge is 0.337 e. The number of carboxylic acids is 2. The maximum absolute atomic E-state index is 11.1. The zero-order valence-electron chi connectivity index (χ0n) is 10.5. The standard InChI is InChI=1S/C12H8O4.C3H6/c13-11(14)9-6-5-7-3-1-2-4-8(7)10(9)12(15)16;1-3-2/h1-6H,(H,13,14)(H,15,16);3H,1H2,2H3. The van der Waals surface area contributed by atoms with Crippen molar-refractivity contribution >= 4 is 22.7 Å². The van der Waals surface area contributed by atoms with E-state index >= 15 is 0 Å². The van der Waals surface area contributed by atoms with Crippen LogP contribution in [0, 0.1) is 0 Å². The van der Waals surface area contributed by atoms with E-state index in [1.807, 2.05) is 6.92 Å². The van der Waals surface area contributed by atoms with Crippen molar-refractivity contribution in [1.29, 1.82) is 0 Å². The second-order valence-electron chi connectivity index (χ2n) is 3.73. The molecule has 0 amide bonds. The lowest BCUT2D eigenvalue weighted by Gasteiger charge is -2.05. The third-order valence-corrected chi connectivity index (χ3v) is 2.37. The predicted molar refractivity (Wildman–Crippen MR) is 73.7 cm³/mol. The van der Waals surface area contributed by atoms with E-state index < -0.39 is 11.9 Å². The predicted octanol–water partition coefficient (Wildman–Crippen LogP) is 3.43. The van der Waals surface area contributed by atoms with E-state index in [0.717, 1.165) is 0 Å². The van der Waals surface area contributed by atoms with Crippen LogP contribution in [0.25, 0.3) is 10.8 Å². The molecule has 19 heavy (non-hydrogen) atoms. The van der Waals surface area contributed by atoms with Gasteiger partial charge in [0.1, 0.15) is 0 Å². The molecule has 0 heterocycles. The van der Waals surface area contributed by atoms with Crippen LogP contribution in [0.5, 0.6) is 0 Å². The number of fused-ring (bicyclic) bond motifs is 1. The summed E-state index contributed by atoms with van der Waals surface area (Å²) in [5.41, 5.74) is -0.350. The molecule has 0 atom stereocenters. The average molecular weight is 258 g/mol. The van der Waals surface area contributed by atoms with Gasteiger partial charge in [-0.2, -0.15) is 0 Å². The van der Waals surface area contributed by atoms with Crippen LogP contribution in [0.2, 0.25) is 0 Å². The summed E-state index contributed by atoms with van der Waals surface area (Å²) < 4.78 is 0. The first-order valence-corrected chi connectivity index (χ1v) is 5.58. The Hall–Kier alpha value is -2.62. The van der Waals surface area contributed by atoms with Crippen molar-refractivity contribution in [3.63, 3.8) is 0 Å². The van der Waals surface area contributed by atoms with E-state index in [4.69, 9.17) is 10.2 Å². The van der Waals surface area contributed by atoms with Gasteiger partial charge < -0.3 is 10.2 Å². The fourth-order valence-corrected chi connectivity index (χ4v) is 1.68. The summed E-state index contributed by atoms with van der Waals surface area (Å²) in [5, 5.41) is 19.1. The Bertz CT molecular complexity index is 629. The molecule has 2 aromatic carbocycles. The number of carbonyl (C=O) groups is 2. The number of hydrogen-bond donors (Lipinski definition) is 2. The highest BCUT2D eigenvalue weighted by atomic mass is 16.4. The third-order valence-electron chi connectivity index (χ3n) is 2.37. The maximum Gasteiger partial charge on any atom is 0.337 e. The summed E-state index contributed by atoms with van der Waals surface area (Å²) in [7, 11) is 0. The van der Waals surface area contributed by atoms with Crippen molar-refractivity contribution in [2.24, 2.45) is 0 Å². The number of rotatable bonds is 2. The molecule has 2 N–H and O–H groups in total. The lowest BCUT2D eigenvalue weighted by Crippen LogP contribution is -2.08. The van der Waals surface area contributed by atoms with Gasteiger partial charge in [0.15, 0.2) is 0 Å². The van der Waals surface area contributed by atoms with Crippen molar-refractivity contribution in [1.82, 2.24) is 0 Å². The van der Waals surface area contributed by atoms with Gasteiger partial charge in [0.05, 0.1) is 11.1 Å². The van der Waals surface area contributed by atoms with Crippen molar-refractivity contribution in [2.75, 3.05) is 0 Å². The molecule has 0 spiro atoms. The van der Waals surface area contributed by atoms with Crippen LogP contribution in [-0.2, 0) is 0 Å². The van der Waals surface area contributed by atoms with Crippen LogP contribution in [0.4, 0.5) is 0 Å². The molecular weight excluding hydrogens is 244 g/mol. The van der Waals surface area contributed by atoms with Gasteiger partial charge in [-0.15, -0.1) is 6.58 Å². The molecule has 2 aromatic rings. The Morgan fingerprint density at radius 1 is 1.05 bits per heavy atom. The van der Waals surface area contributed by atoms with E-state index in [1.165, 1.54) is 6.07 Å². The Morgan fingerprint density at radius 3 is 2.16 bits per heavy atom. The summed E-state index contributed by atoms with van der Waals surface area (Å²) in [4.78, 5) is 22.0. The molecule has 0 radical (unpaired) electrons. The molecule has 0 aliphatic heterocycles. The van der Waals surface area contributed by atoms with Crippen molar-refractivity contribution in [3.05, 3.63) is 60.2 Å². The van der Waals surface area contributed by atoms with Gasteiger partial charge in [-0.05, 0) is 23.8 Å². The van der Waals surface area contributed by atoms with Gasteiger partial charge in [0, 0.05) is 0 Å². The van der Waals surface area contributed by atoms with Crippen molar-refractivity contribution in [3.8, 4) is 0 Å². The fraction of sp³-hybridized carbons (Fsp3) is 0.0667. The van der Waals surface area contributed by atoms with Gasteiger partial charge in [-0.3, -0.25) is 0 Å². The molecule has 0 saturated heterocycles. The maximum atomic E-state index is 11.1. The van der Waals surface area contributed by atoms with Crippen molar-refractivity contribution in [2.45, 2.75) is 6.92 Å². The number of benzene rings is 2. The minimum Gasteiger partial charge on any atom is -0.478 e. The van der Waals surface area contributed by atoms with Crippen LogP contribution in [0.3, 0.4) is 0 Å². The monoisotopic (exact) mass is 258 g/mol. The second-order valence-corrected chi connectivity index (χ2v) is 3.73. The zero-order chi connectivity index (χ0) is 14.4. The molecule has 0 aliphatic carbocycles. The molecule has 4 nitrogen and oxygen atoms in total. The van der Waals surface area contributed by atoms with Gasteiger partial charge in [-0.25, -0.2) is 9.59 Å². The molecule has 0 fully saturated rings. The quantitative estimate of drug-likeness (QED) is 0.809.